The normalized spacial score (nSPS) is 12.0. The quantitative estimate of drug-likeness (QED) is 0.599. The number of amides is 2. The molecule has 0 unspecified atom stereocenters. The van der Waals surface area contributed by atoms with Gasteiger partial charge in [0.15, 0.2) is 6.10 Å². The zero-order valence-corrected chi connectivity index (χ0v) is 15.7. The van der Waals surface area contributed by atoms with Crippen molar-refractivity contribution in [1.29, 1.82) is 0 Å². The predicted octanol–water partition coefficient (Wildman–Crippen LogP) is 0.710. The van der Waals surface area contributed by atoms with Crippen LogP contribution in [0, 0.1) is 5.82 Å². The number of primary sulfonamides is 1. The second-order valence-corrected chi connectivity index (χ2v) is 7.13. The summed E-state index contributed by atoms with van der Waals surface area (Å²) in [4.78, 5) is 24.1. The lowest BCUT2D eigenvalue weighted by molar-refractivity contribution is -0.128. The van der Waals surface area contributed by atoms with Crippen LogP contribution in [0.4, 0.5) is 4.39 Å². The number of hydrogen-bond acceptors (Lipinski definition) is 6. The van der Waals surface area contributed by atoms with E-state index in [1.807, 2.05) is 0 Å². The number of benzene rings is 2. The Hall–Kier alpha value is -3.18. The number of nitrogens with one attached hydrogen (secondary N) is 2. The van der Waals surface area contributed by atoms with Gasteiger partial charge in [0.1, 0.15) is 17.3 Å². The Bertz CT molecular complexity index is 979. The molecule has 28 heavy (non-hydrogen) atoms. The number of carbonyl (C=O) groups excluding carboxylic acids is 2. The van der Waals surface area contributed by atoms with Gasteiger partial charge in [-0.1, -0.05) is 0 Å². The largest absolute Gasteiger partial charge is 0.496 e. The zero-order chi connectivity index (χ0) is 20.9. The SMILES string of the molecule is COc1ccc(S(N)(=O)=O)cc1C(=O)NNC(=O)[C@H](C)Oc1ccc(F)cc1. The van der Waals surface area contributed by atoms with E-state index in [4.69, 9.17) is 14.6 Å². The summed E-state index contributed by atoms with van der Waals surface area (Å²) < 4.78 is 46.1. The first-order valence-electron chi connectivity index (χ1n) is 7.85. The minimum atomic E-state index is -4.04. The zero-order valence-electron chi connectivity index (χ0n) is 14.9. The number of nitrogens with two attached hydrogens (primary N) is 1. The number of hydrogen-bond donors (Lipinski definition) is 3. The molecule has 2 aromatic rings. The van der Waals surface area contributed by atoms with Gasteiger partial charge in [0.25, 0.3) is 11.8 Å². The number of ether oxygens (including phenoxy) is 2. The molecule has 1 atom stereocenters. The second-order valence-electron chi connectivity index (χ2n) is 5.56. The van der Waals surface area contributed by atoms with E-state index in [1.165, 1.54) is 50.4 Å². The van der Waals surface area contributed by atoms with E-state index in [9.17, 15) is 22.4 Å². The Kier molecular flexibility index (Phi) is 6.54. The lowest BCUT2D eigenvalue weighted by Gasteiger charge is -2.16. The van der Waals surface area contributed by atoms with Crippen molar-refractivity contribution < 1.29 is 31.9 Å². The standard InChI is InChI=1S/C17H18FN3O6S/c1-10(27-12-5-3-11(18)4-6-12)16(22)20-21-17(23)14-9-13(28(19,24)25)7-8-15(14)26-2/h3-10H,1-2H3,(H,20,22)(H,21,23)(H2,19,24,25)/t10-/m0/s1. The second kappa shape index (κ2) is 8.67. The topological polar surface area (TPSA) is 137 Å². The average Bonchev–Trinajstić information content (AvgIpc) is 2.66. The fourth-order valence-electron chi connectivity index (χ4n) is 2.10. The highest BCUT2D eigenvalue weighted by atomic mass is 32.2. The molecule has 0 bridgehead atoms. The van der Waals surface area contributed by atoms with Crippen LogP contribution < -0.4 is 25.5 Å². The Morgan fingerprint density at radius 1 is 1.11 bits per heavy atom. The van der Waals surface area contributed by atoms with Crippen LogP contribution in [0.3, 0.4) is 0 Å². The molecule has 0 saturated carbocycles. The summed E-state index contributed by atoms with van der Waals surface area (Å²) >= 11 is 0. The van der Waals surface area contributed by atoms with Crippen molar-refractivity contribution in [3.8, 4) is 11.5 Å². The molecule has 2 rings (SSSR count). The van der Waals surface area contributed by atoms with E-state index in [0.29, 0.717) is 0 Å². The summed E-state index contributed by atoms with van der Waals surface area (Å²) in [5.41, 5.74) is 4.13. The maximum absolute atomic E-state index is 12.9. The van der Waals surface area contributed by atoms with Crippen molar-refractivity contribution in [2.24, 2.45) is 5.14 Å². The molecule has 0 radical (unpaired) electrons. The van der Waals surface area contributed by atoms with Gasteiger partial charge in [0.05, 0.1) is 17.6 Å². The van der Waals surface area contributed by atoms with E-state index in [1.54, 1.807) is 0 Å². The Labute approximate surface area is 160 Å². The van der Waals surface area contributed by atoms with Crippen LogP contribution in [-0.2, 0) is 14.8 Å². The van der Waals surface area contributed by atoms with Gasteiger partial charge in [-0.2, -0.15) is 0 Å². The first-order valence-corrected chi connectivity index (χ1v) is 9.39. The molecular weight excluding hydrogens is 393 g/mol. The number of rotatable bonds is 6. The molecular formula is C17H18FN3O6S. The minimum absolute atomic E-state index is 0.0785. The van der Waals surface area contributed by atoms with Crippen LogP contribution in [-0.4, -0.2) is 33.4 Å². The Morgan fingerprint density at radius 2 is 1.75 bits per heavy atom. The first kappa shape index (κ1) is 21.1. The maximum Gasteiger partial charge on any atom is 0.279 e. The van der Waals surface area contributed by atoms with Crippen molar-refractivity contribution in [3.05, 3.63) is 53.8 Å². The molecule has 0 aromatic heterocycles. The monoisotopic (exact) mass is 411 g/mol. The molecule has 2 aromatic carbocycles. The number of methoxy groups -OCH3 is 1. The van der Waals surface area contributed by atoms with Crippen LogP contribution in [0.25, 0.3) is 0 Å². The highest BCUT2D eigenvalue weighted by Gasteiger charge is 2.20. The predicted molar refractivity (Wildman–Crippen MR) is 96.5 cm³/mol. The molecule has 0 saturated heterocycles. The fourth-order valence-corrected chi connectivity index (χ4v) is 2.64. The number of hydrazine groups is 1. The third-order valence-electron chi connectivity index (χ3n) is 3.54. The molecule has 0 aliphatic carbocycles. The van der Waals surface area contributed by atoms with Crippen molar-refractivity contribution in [2.75, 3.05) is 7.11 Å². The van der Waals surface area contributed by atoms with Gasteiger partial charge >= 0.3 is 0 Å². The van der Waals surface area contributed by atoms with Gasteiger partial charge in [0.2, 0.25) is 10.0 Å². The van der Waals surface area contributed by atoms with Crippen LogP contribution >= 0.6 is 0 Å². The van der Waals surface area contributed by atoms with Gasteiger partial charge in [-0.25, -0.2) is 17.9 Å². The molecule has 0 aliphatic rings. The van der Waals surface area contributed by atoms with Crippen LogP contribution in [0.1, 0.15) is 17.3 Å². The van der Waals surface area contributed by atoms with Crippen molar-refractivity contribution in [1.82, 2.24) is 10.9 Å². The lowest BCUT2D eigenvalue weighted by atomic mass is 10.2. The molecule has 4 N–H and O–H groups in total. The van der Waals surface area contributed by atoms with E-state index < -0.39 is 33.8 Å². The van der Waals surface area contributed by atoms with Gasteiger partial charge in [-0.15, -0.1) is 0 Å². The number of sulfonamides is 1. The highest BCUT2D eigenvalue weighted by Crippen LogP contribution is 2.21. The van der Waals surface area contributed by atoms with E-state index in [2.05, 4.69) is 10.9 Å². The third kappa shape index (κ3) is 5.41. The van der Waals surface area contributed by atoms with Crippen molar-refractivity contribution in [2.45, 2.75) is 17.9 Å². The van der Waals surface area contributed by atoms with E-state index in [-0.39, 0.29) is 22.0 Å². The minimum Gasteiger partial charge on any atom is -0.496 e. The molecule has 0 spiro atoms. The molecule has 2 amide bonds. The number of carbonyl (C=O) groups is 2. The maximum atomic E-state index is 12.9. The lowest BCUT2D eigenvalue weighted by Crippen LogP contribution is -2.47. The summed E-state index contributed by atoms with van der Waals surface area (Å²) in [6.07, 6.45) is -1.01. The first-order chi connectivity index (χ1) is 13.1. The Morgan fingerprint density at radius 3 is 2.32 bits per heavy atom. The summed E-state index contributed by atoms with van der Waals surface area (Å²) in [6, 6.07) is 8.51. The number of halogens is 1. The molecule has 150 valence electrons. The molecule has 9 nitrogen and oxygen atoms in total. The highest BCUT2D eigenvalue weighted by molar-refractivity contribution is 7.89. The molecule has 0 fully saturated rings. The van der Waals surface area contributed by atoms with E-state index in [0.717, 1.165) is 6.07 Å². The summed E-state index contributed by atoms with van der Waals surface area (Å²) in [5, 5.41) is 5.05. The van der Waals surface area contributed by atoms with Gasteiger partial charge in [-0.05, 0) is 49.4 Å². The van der Waals surface area contributed by atoms with Crippen LogP contribution in [0.15, 0.2) is 47.4 Å². The summed E-state index contributed by atoms with van der Waals surface area (Å²) in [7, 11) is -2.74. The van der Waals surface area contributed by atoms with E-state index >= 15 is 0 Å². The fraction of sp³-hybridized carbons (Fsp3) is 0.176. The molecule has 11 heteroatoms. The molecule has 0 heterocycles. The van der Waals surface area contributed by atoms with Crippen molar-refractivity contribution in [3.63, 3.8) is 0 Å². The van der Waals surface area contributed by atoms with Gasteiger partial charge in [-0.3, -0.25) is 20.4 Å². The summed E-state index contributed by atoms with van der Waals surface area (Å²) in [6.45, 7) is 1.42. The van der Waals surface area contributed by atoms with Gasteiger partial charge < -0.3 is 9.47 Å². The smallest absolute Gasteiger partial charge is 0.279 e. The third-order valence-corrected chi connectivity index (χ3v) is 4.45. The van der Waals surface area contributed by atoms with Gasteiger partial charge in [0, 0.05) is 0 Å². The van der Waals surface area contributed by atoms with Crippen LogP contribution in [0.2, 0.25) is 0 Å². The average molecular weight is 411 g/mol. The molecule has 0 aliphatic heterocycles. The van der Waals surface area contributed by atoms with Crippen molar-refractivity contribution >= 4 is 21.8 Å². The summed E-state index contributed by atoms with van der Waals surface area (Å²) in [5.74, 6) is -1.64. The Balaban J connectivity index is 2.04. The van der Waals surface area contributed by atoms with Crippen LogP contribution in [0.5, 0.6) is 11.5 Å².